The first-order valence-electron chi connectivity index (χ1n) is 8.84. The standard InChI is InChI=1S/C23H15BrClNO3/c24-17-8-5-6-15(12-17)14-28-21-11-4-1-7-16(21)13-20-23(27)29-22(26-20)18-9-2-3-10-19(18)25/h1-13H,14H2/b20-13-. The van der Waals surface area contributed by atoms with Crippen LogP contribution in [-0.4, -0.2) is 11.9 Å². The van der Waals surface area contributed by atoms with Crippen molar-refractivity contribution in [3.63, 3.8) is 0 Å². The molecule has 0 unspecified atom stereocenters. The fourth-order valence-corrected chi connectivity index (χ4v) is 3.49. The molecule has 29 heavy (non-hydrogen) atoms. The Morgan fingerprint density at radius 3 is 2.66 bits per heavy atom. The molecule has 0 atom stereocenters. The van der Waals surface area contributed by atoms with Crippen LogP contribution in [0.15, 0.2) is 88.0 Å². The molecule has 1 aliphatic rings. The number of ether oxygens (including phenoxy) is 2. The second kappa shape index (κ2) is 8.64. The number of esters is 1. The number of hydrogen-bond acceptors (Lipinski definition) is 4. The summed E-state index contributed by atoms with van der Waals surface area (Å²) in [5.41, 5.74) is 2.53. The molecule has 0 saturated carbocycles. The molecule has 0 bridgehead atoms. The lowest BCUT2D eigenvalue weighted by atomic mass is 10.1. The van der Waals surface area contributed by atoms with Crippen molar-refractivity contribution in [3.8, 4) is 5.75 Å². The van der Waals surface area contributed by atoms with Crippen LogP contribution in [0.4, 0.5) is 0 Å². The van der Waals surface area contributed by atoms with Crippen molar-refractivity contribution >= 4 is 45.5 Å². The van der Waals surface area contributed by atoms with E-state index >= 15 is 0 Å². The van der Waals surface area contributed by atoms with Crippen LogP contribution in [0, 0.1) is 0 Å². The Labute approximate surface area is 181 Å². The van der Waals surface area contributed by atoms with Gasteiger partial charge in [-0.2, -0.15) is 0 Å². The van der Waals surface area contributed by atoms with Gasteiger partial charge in [0.2, 0.25) is 5.90 Å². The summed E-state index contributed by atoms with van der Waals surface area (Å²) in [5.74, 6) is 0.315. The van der Waals surface area contributed by atoms with Gasteiger partial charge in [0.15, 0.2) is 5.70 Å². The maximum absolute atomic E-state index is 12.3. The Hall–Kier alpha value is -2.89. The van der Waals surface area contributed by atoms with E-state index in [-0.39, 0.29) is 11.6 Å². The van der Waals surface area contributed by atoms with Gasteiger partial charge in [-0.05, 0) is 42.0 Å². The van der Waals surface area contributed by atoms with Gasteiger partial charge in [0.05, 0.1) is 10.6 Å². The minimum Gasteiger partial charge on any atom is -0.488 e. The number of nitrogens with zero attached hydrogens (tertiary/aromatic N) is 1. The quantitative estimate of drug-likeness (QED) is 0.339. The van der Waals surface area contributed by atoms with E-state index in [0.717, 1.165) is 15.6 Å². The molecule has 3 aromatic carbocycles. The summed E-state index contributed by atoms with van der Waals surface area (Å²) >= 11 is 9.64. The number of aliphatic imine (C=N–C) groups is 1. The van der Waals surface area contributed by atoms with Crippen LogP contribution < -0.4 is 4.74 Å². The Morgan fingerprint density at radius 1 is 1.03 bits per heavy atom. The van der Waals surface area contributed by atoms with Crippen LogP contribution in [0.25, 0.3) is 6.08 Å². The molecule has 144 valence electrons. The van der Waals surface area contributed by atoms with Crippen molar-refractivity contribution in [2.45, 2.75) is 6.61 Å². The second-order valence-electron chi connectivity index (χ2n) is 6.27. The maximum atomic E-state index is 12.3. The summed E-state index contributed by atoms with van der Waals surface area (Å²) < 4.78 is 12.3. The fourth-order valence-electron chi connectivity index (χ4n) is 2.83. The van der Waals surface area contributed by atoms with Crippen LogP contribution in [0.3, 0.4) is 0 Å². The van der Waals surface area contributed by atoms with E-state index in [9.17, 15) is 4.79 Å². The zero-order chi connectivity index (χ0) is 20.2. The first-order valence-corrected chi connectivity index (χ1v) is 10.0. The van der Waals surface area contributed by atoms with Gasteiger partial charge in [-0.1, -0.05) is 70.0 Å². The SMILES string of the molecule is O=C1OC(c2ccccc2Cl)=N/C1=C\c1ccccc1OCc1cccc(Br)c1. The molecule has 4 nitrogen and oxygen atoms in total. The highest BCUT2D eigenvalue weighted by atomic mass is 79.9. The molecule has 0 fully saturated rings. The van der Waals surface area contributed by atoms with E-state index in [2.05, 4.69) is 20.9 Å². The third-order valence-corrected chi connectivity index (χ3v) is 5.04. The van der Waals surface area contributed by atoms with Gasteiger partial charge in [-0.3, -0.25) is 0 Å². The zero-order valence-corrected chi connectivity index (χ0v) is 17.5. The third-order valence-electron chi connectivity index (χ3n) is 4.22. The average Bonchev–Trinajstić information content (AvgIpc) is 3.08. The maximum Gasteiger partial charge on any atom is 0.363 e. The molecule has 0 spiro atoms. The van der Waals surface area contributed by atoms with Crippen molar-refractivity contribution < 1.29 is 14.3 Å². The number of hydrogen-bond donors (Lipinski definition) is 0. The Balaban J connectivity index is 1.60. The van der Waals surface area contributed by atoms with Gasteiger partial charge >= 0.3 is 5.97 Å². The molecule has 3 aromatic rings. The van der Waals surface area contributed by atoms with E-state index in [0.29, 0.717) is 22.9 Å². The van der Waals surface area contributed by atoms with Crippen molar-refractivity contribution in [1.82, 2.24) is 0 Å². The lowest BCUT2D eigenvalue weighted by Gasteiger charge is -2.09. The number of cyclic esters (lactones) is 1. The summed E-state index contributed by atoms with van der Waals surface area (Å²) in [6.07, 6.45) is 1.66. The summed E-state index contributed by atoms with van der Waals surface area (Å²) in [5, 5.41) is 0.470. The van der Waals surface area contributed by atoms with Crippen molar-refractivity contribution in [3.05, 3.63) is 105 Å². The van der Waals surface area contributed by atoms with Gasteiger partial charge in [-0.25, -0.2) is 9.79 Å². The molecule has 0 N–H and O–H groups in total. The predicted octanol–water partition coefficient (Wildman–Crippen LogP) is 6.03. The molecule has 0 aliphatic carbocycles. The van der Waals surface area contributed by atoms with E-state index in [1.54, 1.807) is 24.3 Å². The normalized spacial score (nSPS) is 14.6. The van der Waals surface area contributed by atoms with Crippen LogP contribution >= 0.6 is 27.5 Å². The van der Waals surface area contributed by atoms with Gasteiger partial charge in [0.1, 0.15) is 12.4 Å². The second-order valence-corrected chi connectivity index (χ2v) is 7.60. The molecule has 0 aromatic heterocycles. The lowest BCUT2D eigenvalue weighted by Crippen LogP contribution is -2.05. The van der Waals surface area contributed by atoms with E-state index in [1.807, 2.05) is 54.6 Å². The molecule has 0 saturated heterocycles. The predicted molar refractivity (Wildman–Crippen MR) is 117 cm³/mol. The minimum atomic E-state index is -0.526. The molecule has 6 heteroatoms. The van der Waals surface area contributed by atoms with Gasteiger partial charge in [0, 0.05) is 10.0 Å². The molecule has 0 radical (unpaired) electrons. The summed E-state index contributed by atoms with van der Waals surface area (Å²) in [7, 11) is 0. The van der Waals surface area contributed by atoms with Gasteiger partial charge in [-0.15, -0.1) is 0 Å². The molecule has 1 heterocycles. The Morgan fingerprint density at radius 2 is 1.83 bits per heavy atom. The molecule has 1 aliphatic heterocycles. The van der Waals surface area contributed by atoms with Crippen molar-refractivity contribution in [1.29, 1.82) is 0 Å². The van der Waals surface area contributed by atoms with Gasteiger partial charge < -0.3 is 9.47 Å². The highest BCUT2D eigenvalue weighted by Crippen LogP contribution is 2.27. The monoisotopic (exact) mass is 467 g/mol. The topological polar surface area (TPSA) is 47.9 Å². The molecular weight excluding hydrogens is 454 g/mol. The van der Waals surface area contributed by atoms with Gasteiger partial charge in [0.25, 0.3) is 0 Å². The first-order chi connectivity index (χ1) is 14.1. The first kappa shape index (κ1) is 19.4. The average molecular weight is 469 g/mol. The number of para-hydroxylation sites is 1. The number of rotatable bonds is 5. The van der Waals surface area contributed by atoms with Crippen molar-refractivity contribution in [2.75, 3.05) is 0 Å². The number of benzene rings is 3. The fraction of sp³-hybridized carbons (Fsp3) is 0.0435. The molecule has 4 rings (SSSR count). The van der Waals surface area contributed by atoms with E-state index in [1.165, 1.54) is 0 Å². The third kappa shape index (κ3) is 4.58. The summed E-state index contributed by atoms with van der Waals surface area (Å²) in [6, 6.07) is 22.5. The number of carbonyl (C=O) groups excluding carboxylic acids is 1. The van der Waals surface area contributed by atoms with Crippen LogP contribution in [0.2, 0.25) is 5.02 Å². The summed E-state index contributed by atoms with van der Waals surface area (Å²) in [4.78, 5) is 16.6. The number of carbonyl (C=O) groups is 1. The smallest absolute Gasteiger partial charge is 0.363 e. The van der Waals surface area contributed by atoms with Crippen LogP contribution in [0.1, 0.15) is 16.7 Å². The minimum absolute atomic E-state index is 0.193. The number of halogens is 2. The van der Waals surface area contributed by atoms with E-state index < -0.39 is 5.97 Å². The Kier molecular flexibility index (Phi) is 5.79. The van der Waals surface area contributed by atoms with Crippen LogP contribution in [-0.2, 0) is 16.1 Å². The lowest BCUT2D eigenvalue weighted by molar-refractivity contribution is -0.129. The summed E-state index contributed by atoms with van der Waals surface area (Å²) in [6.45, 7) is 0.401. The molecular formula is C23H15BrClNO3. The van der Waals surface area contributed by atoms with Crippen molar-refractivity contribution in [2.24, 2.45) is 4.99 Å². The Bertz CT molecular complexity index is 1140. The van der Waals surface area contributed by atoms with E-state index in [4.69, 9.17) is 21.1 Å². The van der Waals surface area contributed by atoms with Crippen LogP contribution in [0.5, 0.6) is 5.75 Å². The highest BCUT2D eigenvalue weighted by Gasteiger charge is 2.25. The zero-order valence-electron chi connectivity index (χ0n) is 15.1. The highest BCUT2D eigenvalue weighted by molar-refractivity contribution is 9.10. The molecule has 0 amide bonds. The largest absolute Gasteiger partial charge is 0.488 e.